The zero-order valence-corrected chi connectivity index (χ0v) is 30.3. The average molecular weight is 998 g/mol. The van der Waals surface area contributed by atoms with E-state index in [1.54, 1.807) is 6.07 Å². The molecule has 250 valence electrons. The molecule has 0 aromatic heterocycles. The molecule has 1 atom stereocenters. The third-order valence-corrected chi connectivity index (χ3v) is 5.31. The number of anilines is 2. The highest BCUT2D eigenvalue weighted by atomic mass is 128. The number of nitriles is 2. The van der Waals surface area contributed by atoms with Crippen LogP contribution >= 0.6 is 61.2 Å². The van der Waals surface area contributed by atoms with E-state index in [2.05, 4.69) is 59.7 Å². The SMILES string of the molecule is C#CCC/C(O)=C(\C#N)C(=O)Nc1ccc(C(F)(F)F)cc1.C#CCCC(=O)C(C#N)C(=O)Nc1ccc(C(F)(F)F)cc1.I.II. The van der Waals surface area contributed by atoms with Gasteiger partial charge in [0.1, 0.15) is 11.8 Å². The first-order valence-corrected chi connectivity index (χ1v) is 18.6. The fourth-order valence-electron chi connectivity index (χ4n) is 3.07. The topological polar surface area (TPSA) is 143 Å². The van der Waals surface area contributed by atoms with Gasteiger partial charge in [-0.1, -0.05) is 0 Å². The van der Waals surface area contributed by atoms with Gasteiger partial charge in [0.2, 0.25) is 5.91 Å². The van der Waals surface area contributed by atoms with Gasteiger partial charge >= 0.3 is 12.4 Å². The van der Waals surface area contributed by atoms with Crippen LogP contribution in [0.4, 0.5) is 37.7 Å². The number of terminal acetylenes is 2. The third-order valence-electron chi connectivity index (χ3n) is 5.31. The highest BCUT2D eigenvalue weighted by Crippen LogP contribution is 2.31. The Balaban J connectivity index is 0. The van der Waals surface area contributed by atoms with Gasteiger partial charge in [-0.15, -0.1) is 48.7 Å². The maximum Gasteiger partial charge on any atom is 0.416 e. The number of aliphatic hydroxyl groups excluding tert-OH is 1. The molecule has 0 heterocycles. The van der Waals surface area contributed by atoms with Gasteiger partial charge in [-0.2, -0.15) is 36.9 Å². The number of carbonyl (C=O) groups is 3. The second-order valence-electron chi connectivity index (χ2n) is 8.46. The van der Waals surface area contributed by atoms with Crippen LogP contribution in [0.5, 0.6) is 0 Å². The molecule has 0 aliphatic rings. The molecule has 2 rings (SSSR count). The van der Waals surface area contributed by atoms with Crippen LogP contribution in [0.15, 0.2) is 59.9 Å². The fraction of sp³-hybridized carbons (Fsp3) is 0.233. The van der Waals surface area contributed by atoms with Gasteiger partial charge in [0, 0.05) is 74.3 Å². The van der Waals surface area contributed by atoms with Gasteiger partial charge in [0.25, 0.3) is 5.91 Å². The minimum absolute atomic E-state index is 0. The number of ketones is 1. The molecule has 0 saturated heterocycles. The van der Waals surface area contributed by atoms with E-state index in [-0.39, 0.29) is 61.0 Å². The number of nitrogens with one attached hydrogen (secondary N) is 2. The van der Waals surface area contributed by atoms with Crippen molar-refractivity contribution in [3.05, 3.63) is 71.0 Å². The molecule has 0 bridgehead atoms. The molecule has 3 N–H and O–H groups in total. The van der Waals surface area contributed by atoms with Gasteiger partial charge in [-0.3, -0.25) is 14.4 Å². The minimum atomic E-state index is -4.48. The zero-order chi connectivity index (χ0) is 35.5. The van der Waals surface area contributed by atoms with Crippen molar-refractivity contribution in [1.29, 1.82) is 10.5 Å². The lowest BCUT2D eigenvalue weighted by Gasteiger charge is -2.10. The van der Waals surface area contributed by atoms with Crippen LogP contribution in [0.3, 0.4) is 0 Å². The number of allylic oxidation sites excluding steroid dienone is 1. The van der Waals surface area contributed by atoms with Crippen molar-refractivity contribution in [2.45, 2.75) is 38.0 Å². The summed E-state index contributed by atoms with van der Waals surface area (Å²) in [6.07, 6.45) is 1.12. The number of aliphatic hydroxyl groups is 1. The van der Waals surface area contributed by atoms with E-state index in [4.69, 9.17) is 23.4 Å². The summed E-state index contributed by atoms with van der Waals surface area (Å²) in [6.45, 7) is 0. The lowest BCUT2D eigenvalue weighted by molar-refractivity contribution is -0.138. The Morgan fingerprint density at radius 1 is 0.787 bits per heavy atom. The first kappa shape index (κ1) is 45.6. The Kier molecular flexibility index (Phi) is 22.2. The standard InChI is InChI=1S/2C15H11F3N2O2.I2.HI/c2*1-2-3-4-13(21)12(9-19)14(22)20-11-7-5-10(6-8-11)15(16,17)18;1-2;/h1,5-8,21H,3-4H2,(H,20,22);1,5-8,12H,3-4H2,(H,20,22);;1H/b13-12-;;;. The number of hydrogen-bond acceptors (Lipinski definition) is 6. The number of hydrogen-bond donors (Lipinski definition) is 3. The fourth-order valence-corrected chi connectivity index (χ4v) is 3.07. The van der Waals surface area contributed by atoms with Crippen molar-refractivity contribution in [3.8, 4) is 36.8 Å². The molecule has 2 aromatic carbocycles. The van der Waals surface area contributed by atoms with E-state index in [1.807, 2.05) is 0 Å². The number of alkyl halides is 6. The van der Waals surface area contributed by atoms with Crippen LogP contribution in [0.1, 0.15) is 36.8 Å². The molecule has 8 nitrogen and oxygen atoms in total. The number of rotatable bonds is 9. The van der Waals surface area contributed by atoms with E-state index in [1.165, 1.54) is 6.07 Å². The molecule has 1 unspecified atom stereocenters. The number of carbonyl (C=O) groups excluding carboxylic acids is 3. The molecule has 0 fully saturated rings. The summed E-state index contributed by atoms with van der Waals surface area (Å²) in [7, 11) is 0. The number of halogens is 9. The average Bonchev–Trinajstić information content (AvgIpc) is 3.00. The van der Waals surface area contributed by atoms with Crippen LogP contribution in [0, 0.1) is 53.3 Å². The molecule has 0 aliphatic heterocycles. The van der Waals surface area contributed by atoms with Gasteiger partial charge < -0.3 is 15.7 Å². The van der Waals surface area contributed by atoms with E-state index >= 15 is 0 Å². The molecular weight excluding hydrogens is 975 g/mol. The Bertz CT molecular complexity index is 1550. The van der Waals surface area contributed by atoms with Crippen molar-refractivity contribution in [1.82, 2.24) is 0 Å². The number of benzene rings is 2. The summed E-state index contributed by atoms with van der Waals surface area (Å²) in [4.78, 5) is 35.2. The second-order valence-corrected chi connectivity index (χ2v) is 8.46. The van der Waals surface area contributed by atoms with Crippen LogP contribution in [0.2, 0.25) is 0 Å². The molecule has 47 heavy (non-hydrogen) atoms. The highest BCUT2D eigenvalue weighted by Gasteiger charge is 2.31. The van der Waals surface area contributed by atoms with Gasteiger partial charge in [0.05, 0.1) is 17.2 Å². The Hall–Kier alpha value is -3.54. The Morgan fingerprint density at radius 2 is 1.19 bits per heavy atom. The smallest absolute Gasteiger partial charge is 0.416 e. The molecule has 0 saturated carbocycles. The summed E-state index contributed by atoms with van der Waals surface area (Å²) >= 11 is 4.24. The summed E-state index contributed by atoms with van der Waals surface area (Å²) in [5.74, 6) is -0.00352. The lowest BCUT2D eigenvalue weighted by Crippen LogP contribution is -2.28. The van der Waals surface area contributed by atoms with Crippen molar-refractivity contribution >= 4 is 90.2 Å². The van der Waals surface area contributed by atoms with E-state index in [0.717, 1.165) is 48.5 Å². The maximum atomic E-state index is 12.4. The monoisotopic (exact) mass is 998 g/mol. The largest absolute Gasteiger partial charge is 0.511 e. The summed E-state index contributed by atoms with van der Waals surface area (Å²) < 4.78 is 74.4. The first-order valence-electron chi connectivity index (χ1n) is 12.3. The highest BCUT2D eigenvalue weighted by molar-refractivity contribution is 15.0. The minimum Gasteiger partial charge on any atom is -0.511 e. The van der Waals surface area contributed by atoms with Crippen LogP contribution < -0.4 is 10.6 Å². The Labute approximate surface area is 306 Å². The number of nitrogens with zero attached hydrogens (tertiary/aromatic N) is 2. The van der Waals surface area contributed by atoms with E-state index in [9.17, 15) is 45.8 Å². The normalized spacial score (nSPS) is 11.2. The molecular formula is C30H23F6I3N4O4. The van der Waals surface area contributed by atoms with Crippen LogP contribution in [-0.4, -0.2) is 22.7 Å². The quantitative estimate of drug-likeness (QED) is 0.0438. The third kappa shape index (κ3) is 16.7. The zero-order valence-electron chi connectivity index (χ0n) is 23.7. The van der Waals surface area contributed by atoms with Crippen molar-refractivity contribution in [3.63, 3.8) is 0 Å². The number of amides is 2. The predicted molar refractivity (Wildman–Crippen MR) is 189 cm³/mol. The Morgan fingerprint density at radius 3 is 1.55 bits per heavy atom. The summed E-state index contributed by atoms with van der Waals surface area (Å²) in [5, 5.41) is 31.8. The summed E-state index contributed by atoms with van der Waals surface area (Å²) in [5.41, 5.74) is -2.14. The molecule has 2 amide bonds. The second kappa shape index (κ2) is 22.9. The maximum absolute atomic E-state index is 12.4. The van der Waals surface area contributed by atoms with Crippen molar-refractivity contribution in [2.75, 3.05) is 10.6 Å². The van der Waals surface area contributed by atoms with Crippen LogP contribution in [-0.2, 0) is 26.7 Å². The van der Waals surface area contributed by atoms with E-state index in [0.29, 0.717) is 0 Å². The first-order chi connectivity index (χ1) is 21.6. The molecule has 2 aromatic rings. The molecule has 0 spiro atoms. The predicted octanol–water partition coefficient (Wildman–Crippen LogP) is 8.55. The van der Waals surface area contributed by atoms with Gasteiger partial charge in [-0.05, 0) is 48.5 Å². The molecule has 17 heteroatoms. The van der Waals surface area contributed by atoms with Gasteiger partial charge in [-0.25, -0.2) is 0 Å². The summed E-state index contributed by atoms with van der Waals surface area (Å²) in [6, 6.07) is 10.4. The van der Waals surface area contributed by atoms with Crippen molar-refractivity contribution < 1.29 is 45.8 Å². The molecule has 0 aliphatic carbocycles. The lowest BCUT2D eigenvalue weighted by atomic mass is 10.0. The number of Topliss-reactive ketones (excluding diaryl/α,β-unsaturated/α-hetero) is 1. The van der Waals surface area contributed by atoms with Crippen molar-refractivity contribution in [2.24, 2.45) is 5.92 Å². The molecule has 0 radical (unpaired) electrons. The van der Waals surface area contributed by atoms with Gasteiger partial charge in [0.15, 0.2) is 17.3 Å². The van der Waals surface area contributed by atoms with Crippen LogP contribution in [0.25, 0.3) is 0 Å². The van der Waals surface area contributed by atoms with E-state index < -0.39 is 58.3 Å².